The molecule has 1 aromatic carbocycles. The number of morpholine rings is 1. The topological polar surface area (TPSA) is 138 Å². The number of nitrogens with one attached hydrogen (secondary N) is 2. The molecule has 3 fully saturated rings. The van der Waals surface area contributed by atoms with Gasteiger partial charge in [-0.2, -0.15) is 15.0 Å². The molecule has 2 atom stereocenters. The second-order valence-corrected chi connectivity index (χ2v) is 11.6. The highest BCUT2D eigenvalue weighted by molar-refractivity contribution is 5.99. The Morgan fingerprint density at radius 3 is 2.19 bits per heavy atom. The van der Waals surface area contributed by atoms with Gasteiger partial charge in [0.15, 0.2) is 5.82 Å². The molecule has 0 spiro atoms. The predicted molar refractivity (Wildman–Crippen MR) is 158 cm³/mol. The van der Waals surface area contributed by atoms with E-state index in [9.17, 15) is 9.59 Å². The second kappa shape index (κ2) is 11.4. The number of rotatable bonds is 5. The maximum absolute atomic E-state index is 12.8. The standard InChI is InChI=1S/C29H35N9O4/c1-29(2,3)42-28(40)38-18-22-16-23(38)17-37(22)26-34-24(33-25(35-26)36-12-14-41-15-13-36)19-4-6-20(7-5-19)31-27(39)32-21-8-10-30-11-9-21/h4-11,22-23H,12-18H2,1-3H3,(H2,30,31,32,39)/t22-,23-/m1/s1. The molecule has 42 heavy (non-hydrogen) atoms. The summed E-state index contributed by atoms with van der Waals surface area (Å²) in [7, 11) is 0. The fourth-order valence-electron chi connectivity index (χ4n) is 5.40. The average molecular weight is 574 g/mol. The molecule has 13 heteroatoms. The first-order chi connectivity index (χ1) is 20.2. The van der Waals surface area contributed by atoms with Crippen molar-refractivity contribution in [1.29, 1.82) is 0 Å². The molecule has 0 aliphatic carbocycles. The number of pyridine rings is 1. The van der Waals surface area contributed by atoms with Crippen molar-refractivity contribution in [2.75, 3.05) is 59.8 Å². The lowest BCUT2D eigenvalue weighted by atomic mass is 10.2. The van der Waals surface area contributed by atoms with Gasteiger partial charge in [0.1, 0.15) is 5.60 Å². The zero-order valence-corrected chi connectivity index (χ0v) is 24.0. The maximum atomic E-state index is 12.8. The minimum Gasteiger partial charge on any atom is -0.444 e. The average Bonchev–Trinajstić information content (AvgIpc) is 3.59. The van der Waals surface area contributed by atoms with Crippen LogP contribution in [0.4, 0.5) is 32.9 Å². The first-order valence-corrected chi connectivity index (χ1v) is 14.2. The van der Waals surface area contributed by atoms with E-state index in [1.165, 1.54) is 0 Å². The maximum Gasteiger partial charge on any atom is 0.410 e. The van der Waals surface area contributed by atoms with Gasteiger partial charge in [-0.15, -0.1) is 0 Å². The van der Waals surface area contributed by atoms with Crippen LogP contribution < -0.4 is 20.4 Å². The summed E-state index contributed by atoms with van der Waals surface area (Å²) < 4.78 is 11.2. The van der Waals surface area contributed by atoms with Crippen molar-refractivity contribution in [2.24, 2.45) is 0 Å². The van der Waals surface area contributed by atoms with E-state index >= 15 is 0 Å². The summed E-state index contributed by atoms with van der Waals surface area (Å²) in [6.45, 7) is 9.44. The van der Waals surface area contributed by atoms with Gasteiger partial charge in [-0.3, -0.25) is 4.98 Å². The largest absolute Gasteiger partial charge is 0.444 e. The Kier molecular flexibility index (Phi) is 7.50. The molecule has 3 aromatic rings. The number of aromatic nitrogens is 4. The van der Waals surface area contributed by atoms with E-state index < -0.39 is 5.60 Å². The number of ether oxygens (including phenoxy) is 2. The Morgan fingerprint density at radius 2 is 1.55 bits per heavy atom. The molecule has 3 aliphatic rings. The molecular formula is C29H35N9O4. The number of hydrogen-bond acceptors (Lipinski definition) is 10. The summed E-state index contributed by atoms with van der Waals surface area (Å²) >= 11 is 0. The van der Waals surface area contributed by atoms with E-state index in [2.05, 4.69) is 25.4 Å². The number of nitrogens with zero attached hydrogens (tertiary/aromatic N) is 7. The molecule has 6 rings (SSSR count). The molecule has 13 nitrogen and oxygen atoms in total. The summed E-state index contributed by atoms with van der Waals surface area (Å²) in [5.74, 6) is 1.74. The van der Waals surface area contributed by atoms with Crippen LogP contribution in [0.3, 0.4) is 0 Å². The third-order valence-electron chi connectivity index (χ3n) is 7.37. The summed E-state index contributed by atoms with van der Waals surface area (Å²) in [6, 6.07) is 10.6. The summed E-state index contributed by atoms with van der Waals surface area (Å²) in [4.78, 5) is 49.8. The van der Waals surface area contributed by atoms with Crippen molar-refractivity contribution in [3.05, 3.63) is 48.8 Å². The van der Waals surface area contributed by atoms with Crippen LogP contribution in [-0.2, 0) is 9.47 Å². The number of carbonyl (C=O) groups excluding carboxylic acids is 2. The Bertz CT molecular complexity index is 1430. The fraction of sp³-hybridized carbons (Fsp3) is 0.448. The molecule has 3 amide bonds. The van der Waals surface area contributed by atoms with Crippen molar-refractivity contribution in [3.63, 3.8) is 0 Å². The van der Waals surface area contributed by atoms with E-state index in [-0.39, 0.29) is 24.2 Å². The van der Waals surface area contributed by atoms with Crippen LogP contribution in [0.2, 0.25) is 0 Å². The predicted octanol–water partition coefficient (Wildman–Crippen LogP) is 3.61. The molecule has 2 N–H and O–H groups in total. The van der Waals surface area contributed by atoms with Crippen LogP contribution in [0.1, 0.15) is 27.2 Å². The van der Waals surface area contributed by atoms with Crippen molar-refractivity contribution in [2.45, 2.75) is 44.9 Å². The van der Waals surface area contributed by atoms with Crippen molar-refractivity contribution in [1.82, 2.24) is 24.8 Å². The molecule has 0 unspecified atom stereocenters. The molecular weight excluding hydrogens is 538 g/mol. The van der Waals surface area contributed by atoms with Gasteiger partial charge in [-0.25, -0.2) is 9.59 Å². The van der Waals surface area contributed by atoms with Gasteiger partial charge >= 0.3 is 12.1 Å². The van der Waals surface area contributed by atoms with E-state index in [4.69, 9.17) is 24.4 Å². The Balaban J connectivity index is 1.21. The second-order valence-electron chi connectivity index (χ2n) is 11.6. The summed E-state index contributed by atoms with van der Waals surface area (Å²) in [6.07, 6.45) is 3.80. The van der Waals surface area contributed by atoms with Gasteiger partial charge in [0.25, 0.3) is 0 Å². The number of anilines is 4. The number of likely N-dealkylation sites (tertiary alicyclic amines) is 1. The van der Waals surface area contributed by atoms with Crippen LogP contribution in [0.5, 0.6) is 0 Å². The molecule has 0 radical (unpaired) electrons. The van der Waals surface area contributed by atoms with Gasteiger partial charge in [-0.05, 0) is 63.6 Å². The fourth-order valence-corrected chi connectivity index (χ4v) is 5.40. The Morgan fingerprint density at radius 1 is 0.881 bits per heavy atom. The normalized spacial score (nSPS) is 20.0. The van der Waals surface area contributed by atoms with Gasteiger partial charge < -0.3 is 34.8 Å². The first-order valence-electron chi connectivity index (χ1n) is 14.2. The first kappa shape index (κ1) is 27.6. The van der Waals surface area contributed by atoms with Crippen LogP contribution in [0.15, 0.2) is 48.8 Å². The molecule has 220 valence electrons. The highest BCUT2D eigenvalue weighted by atomic mass is 16.6. The minimum absolute atomic E-state index is 0.0422. The molecule has 3 saturated heterocycles. The lowest BCUT2D eigenvalue weighted by molar-refractivity contribution is 0.0214. The third-order valence-corrected chi connectivity index (χ3v) is 7.37. The van der Waals surface area contributed by atoms with Gasteiger partial charge in [0.2, 0.25) is 11.9 Å². The van der Waals surface area contributed by atoms with Crippen molar-refractivity contribution in [3.8, 4) is 11.4 Å². The summed E-state index contributed by atoms with van der Waals surface area (Å²) in [5.41, 5.74) is 1.54. The van der Waals surface area contributed by atoms with Crippen LogP contribution >= 0.6 is 0 Å². The monoisotopic (exact) mass is 573 g/mol. The number of fused-ring (bicyclic) bond motifs is 2. The molecule has 3 aliphatic heterocycles. The Labute approximate surface area is 244 Å². The minimum atomic E-state index is -0.538. The summed E-state index contributed by atoms with van der Waals surface area (Å²) in [5, 5.41) is 5.61. The number of carbonyl (C=O) groups is 2. The van der Waals surface area contributed by atoms with Crippen LogP contribution in [-0.4, -0.2) is 94.0 Å². The smallest absolute Gasteiger partial charge is 0.410 e. The Hall–Kier alpha value is -4.52. The molecule has 2 aromatic heterocycles. The van der Waals surface area contributed by atoms with E-state index in [1.807, 2.05) is 49.9 Å². The van der Waals surface area contributed by atoms with E-state index in [0.29, 0.717) is 68.5 Å². The zero-order chi connectivity index (χ0) is 29.3. The van der Waals surface area contributed by atoms with E-state index in [1.54, 1.807) is 24.5 Å². The lowest BCUT2D eigenvalue weighted by Gasteiger charge is -2.35. The van der Waals surface area contributed by atoms with Gasteiger partial charge in [-0.1, -0.05) is 0 Å². The molecule has 5 heterocycles. The SMILES string of the molecule is CC(C)(C)OC(=O)N1C[C@H]2C[C@@H]1CN2c1nc(-c2ccc(NC(=O)Nc3ccncc3)cc2)nc(N2CCOCC2)n1. The number of piperazine rings is 1. The number of urea groups is 1. The van der Waals surface area contributed by atoms with Crippen LogP contribution in [0, 0.1) is 0 Å². The highest BCUT2D eigenvalue weighted by Gasteiger charge is 2.47. The van der Waals surface area contributed by atoms with Gasteiger partial charge in [0.05, 0.1) is 25.3 Å². The van der Waals surface area contributed by atoms with Crippen molar-refractivity contribution < 1.29 is 19.1 Å². The molecule has 0 saturated carbocycles. The number of amides is 3. The molecule has 2 bridgehead atoms. The number of hydrogen-bond donors (Lipinski definition) is 2. The van der Waals surface area contributed by atoms with Crippen molar-refractivity contribution >= 4 is 35.4 Å². The number of benzene rings is 1. The quantitative estimate of drug-likeness (QED) is 0.466. The lowest BCUT2D eigenvalue weighted by Crippen LogP contribution is -2.50. The van der Waals surface area contributed by atoms with Gasteiger partial charge in [0, 0.05) is 55.5 Å². The highest BCUT2D eigenvalue weighted by Crippen LogP contribution is 2.35. The van der Waals surface area contributed by atoms with E-state index in [0.717, 1.165) is 12.0 Å². The zero-order valence-electron chi connectivity index (χ0n) is 24.0. The van der Waals surface area contributed by atoms with Crippen LogP contribution in [0.25, 0.3) is 11.4 Å². The third kappa shape index (κ3) is 6.20.